The van der Waals surface area contributed by atoms with Crippen molar-refractivity contribution in [3.63, 3.8) is 0 Å². The Morgan fingerprint density at radius 2 is 1.95 bits per heavy atom. The fourth-order valence-corrected chi connectivity index (χ4v) is 2.89. The number of hydrogen-bond acceptors (Lipinski definition) is 2. The molecule has 1 N–H and O–H groups in total. The molecular formula is C16H15BrN2O. The Balaban J connectivity index is 2.21. The van der Waals surface area contributed by atoms with Crippen molar-refractivity contribution in [2.24, 2.45) is 0 Å². The monoisotopic (exact) mass is 330 g/mol. The van der Waals surface area contributed by atoms with E-state index in [9.17, 15) is 5.11 Å². The van der Waals surface area contributed by atoms with Crippen molar-refractivity contribution in [1.82, 2.24) is 9.55 Å². The zero-order valence-corrected chi connectivity index (χ0v) is 12.7. The number of imidazole rings is 1. The molecule has 102 valence electrons. The Hall–Kier alpha value is -1.65. The van der Waals surface area contributed by atoms with E-state index >= 15 is 0 Å². The second-order valence-electron chi connectivity index (χ2n) is 4.78. The van der Waals surface area contributed by atoms with Gasteiger partial charge >= 0.3 is 0 Å². The smallest absolute Gasteiger partial charge is 0.136 e. The van der Waals surface area contributed by atoms with Gasteiger partial charge in [-0.15, -0.1) is 0 Å². The van der Waals surface area contributed by atoms with Crippen LogP contribution in [-0.2, 0) is 6.61 Å². The number of nitrogens with zero attached hydrogens (tertiary/aromatic N) is 2. The quantitative estimate of drug-likeness (QED) is 0.790. The highest BCUT2D eigenvalue weighted by Crippen LogP contribution is 2.28. The lowest BCUT2D eigenvalue weighted by molar-refractivity contribution is 0.264. The second-order valence-corrected chi connectivity index (χ2v) is 5.69. The molecule has 20 heavy (non-hydrogen) atoms. The van der Waals surface area contributed by atoms with Gasteiger partial charge < -0.3 is 9.67 Å². The molecule has 1 heterocycles. The van der Waals surface area contributed by atoms with Crippen LogP contribution in [0.25, 0.3) is 11.0 Å². The maximum Gasteiger partial charge on any atom is 0.136 e. The number of hydrogen-bond donors (Lipinski definition) is 1. The number of halogens is 1. The van der Waals surface area contributed by atoms with E-state index in [0.29, 0.717) is 5.82 Å². The van der Waals surface area contributed by atoms with Gasteiger partial charge in [0, 0.05) is 4.47 Å². The first-order valence-corrected chi connectivity index (χ1v) is 7.32. The van der Waals surface area contributed by atoms with Crippen molar-refractivity contribution in [3.8, 4) is 0 Å². The van der Waals surface area contributed by atoms with Gasteiger partial charge in [0.2, 0.25) is 0 Å². The lowest BCUT2D eigenvalue weighted by Crippen LogP contribution is -2.10. The van der Waals surface area contributed by atoms with E-state index in [1.165, 1.54) is 5.56 Å². The molecule has 0 saturated carbocycles. The maximum atomic E-state index is 9.59. The van der Waals surface area contributed by atoms with Gasteiger partial charge in [-0.25, -0.2) is 4.98 Å². The van der Waals surface area contributed by atoms with Gasteiger partial charge in [-0.05, 0) is 30.7 Å². The summed E-state index contributed by atoms with van der Waals surface area (Å²) in [5.74, 6) is 0.689. The van der Waals surface area contributed by atoms with Crippen LogP contribution in [0.15, 0.2) is 53.0 Å². The number of aliphatic hydroxyl groups is 1. The number of benzene rings is 2. The summed E-state index contributed by atoms with van der Waals surface area (Å²) in [6, 6.07) is 16.3. The molecule has 1 atom stereocenters. The SMILES string of the molecule is CC(c1ccccc1)n1c(CO)nc2ccc(Br)cc21. The molecule has 0 saturated heterocycles. The molecule has 0 aliphatic heterocycles. The van der Waals surface area contributed by atoms with Crippen LogP contribution in [0.3, 0.4) is 0 Å². The Kier molecular flexibility index (Phi) is 3.59. The molecule has 0 amide bonds. The van der Waals surface area contributed by atoms with E-state index in [1.807, 2.05) is 36.4 Å². The van der Waals surface area contributed by atoms with Crippen LogP contribution in [-0.4, -0.2) is 14.7 Å². The Labute approximate surface area is 126 Å². The first-order chi connectivity index (χ1) is 9.70. The van der Waals surface area contributed by atoms with Gasteiger partial charge in [-0.2, -0.15) is 0 Å². The van der Waals surface area contributed by atoms with E-state index < -0.39 is 0 Å². The minimum atomic E-state index is -0.0660. The number of fused-ring (bicyclic) bond motifs is 1. The van der Waals surface area contributed by atoms with Crippen molar-refractivity contribution in [2.45, 2.75) is 19.6 Å². The molecule has 0 spiro atoms. The summed E-state index contributed by atoms with van der Waals surface area (Å²) in [6.45, 7) is 2.06. The first kappa shape index (κ1) is 13.3. The summed E-state index contributed by atoms with van der Waals surface area (Å²) in [7, 11) is 0. The fourth-order valence-electron chi connectivity index (χ4n) is 2.54. The largest absolute Gasteiger partial charge is 0.388 e. The van der Waals surface area contributed by atoms with Gasteiger partial charge in [0.15, 0.2) is 0 Å². The van der Waals surface area contributed by atoms with Crippen LogP contribution < -0.4 is 0 Å². The molecule has 3 rings (SSSR count). The normalized spacial score (nSPS) is 12.8. The number of rotatable bonds is 3. The molecule has 3 nitrogen and oxygen atoms in total. The molecular weight excluding hydrogens is 316 g/mol. The summed E-state index contributed by atoms with van der Waals surface area (Å²) in [5, 5.41) is 9.59. The average Bonchev–Trinajstić information content (AvgIpc) is 2.85. The van der Waals surface area contributed by atoms with E-state index in [4.69, 9.17) is 0 Å². The molecule has 2 aromatic carbocycles. The van der Waals surface area contributed by atoms with Crippen molar-refractivity contribution < 1.29 is 5.11 Å². The first-order valence-electron chi connectivity index (χ1n) is 6.53. The third-order valence-corrected chi connectivity index (χ3v) is 4.03. The average molecular weight is 331 g/mol. The maximum absolute atomic E-state index is 9.59. The summed E-state index contributed by atoms with van der Waals surface area (Å²) >= 11 is 3.50. The highest BCUT2D eigenvalue weighted by Gasteiger charge is 2.16. The van der Waals surface area contributed by atoms with Crippen LogP contribution in [0.1, 0.15) is 24.4 Å². The molecule has 0 aliphatic carbocycles. The highest BCUT2D eigenvalue weighted by molar-refractivity contribution is 9.10. The van der Waals surface area contributed by atoms with Crippen molar-refractivity contribution in [3.05, 3.63) is 64.4 Å². The summed E-state index contributed by atoms with van der Waals surface area (Å²) in [6.07, 6.45) is 0. The molecule has 3 aromatic rings. The zero-order valence-electron chi connectivity index (χ0n) is 11.1. The zero-order chi connectivity index (χ0) is 14.1. The third kappa shape index (κ3) is 2.25. The van der Waals surface area contributed by atoms with E-state index in [2.05, 4.69) is 44.5 Å². The summed E-state index contributed by atoms with van der Waals surface area (Å²) in [4.78, 5) is 4.51. The van der Waals surface area contributed by atoms with Crippen LogP contribution in [0.5, 0.6) is 0 Å². The Bertz CT molecular complexity index is 737. The van der Waals surface area contributed by atoms with Crippen molar-refractivity contribution in [2.75, 3.05) is 0 Å². The molecule has 0 aliphatic rings. The summed E-state index contributed by atoms with van der Waals surface area (Å²) < 4.78 is 3.10. The van der Waals surface area contributed by atoms with Crippen molar-refractivity contribution in [1.29, 1.82) is 0 Å². The van der Waals surface area contributed by atoms with E-state index in [0.717, 1.165) is 15.5 Å². The van der Waals surface area contributed by atoms with Gasteiger partial charge in [-0.3, -0.25) is 0 Å². The number of aromatic nitrogens is 2. The van der Waals surface area contributed by atoms with Gasteiger partial charge in [0.05, 0.1) is 17.1 Å². The molecule has 1 aromatic heterocycles. The van der Waals surface area contributed by atoms with Gasteiger partial charge in [0.25, 0.3) is 0 Å². The Morgan fingerprint density at radius 1 is 1.20 bits per heavy atom. The van der Waals surface area contributed by atoms with Crippen molar-refractivity contribution >= 4 is 27.0 Å². The van der Waals surface area contributed by atoms with E-state index in [-0.39, 0.29) is 12.6 Å². The Morgan fingerprint density at radius 3 is 2.65 bits per heavy atom. The molecule has 1 unspecified atom stereocenters. The van der Waals surface area contributed by atoms with E-state index in [1.54, 1.807) is 0 Å². The van der Waals surface area contributed by atoms with Crippen LogP contribution in [0.4, 0.5) is 0 Å². The topological polar surface area (TPSA) is 38.0 Å². The van der Waals surface area contributed by atoms with Gasteiger partial charge in [-0.1, -0.05) is 46.3 Å². The molecule has 0 bridgehead atoms. The van der Waals surface area contributed by atoms with Gasteiger partial charge in [0.1, 0.15) is 12.4 Å². The summed E-state index contributed by atoms with van der Waals surface area (Å²) in [5.41, 5.74) is 3.13. The second kappa shape index (κ2) is 5.38. The molecule has 4 heteroatoms. The lowest BCUT2D eigenvalue weighted by atomic mass is 10.1. The molecule has 0 radical (unpaired) electrons. The minimum absolute atomic E-state index is 0.0660. The van der Waals surface area contributed by atoms with Crippen LogP contribution in [0.2, 0.25) is 0 Å². The predicted molar refractivity (Wildman–Crippen MR) is 83.6 cm³/mol. The lowest BCUT2D eigenvalue weighted by Gasteiger charge is -2.17. The standard InChI is InChI=1S/C16H15BrN2O/c1-11(12-5-3-2-4-6-12)19-15-9-13(17)7-8-14(15)18-16(19)10-20/h2-9,11,20H,10H2,1H3. The van der Waals surface area contributed by atoms with Crippen LogP contribution in [0, 0.1) is 0 Å². The molecule has 0 fully saturated rings. The minimum Gasteiger partial charge on any atom is -0.388 e. The predicted octanol–water partition coefficient (Wildman–Crippen LogP) is 3.90. The van der Waals surface area contributed by atoms with Crippen LogP contribution >= 0.6 is 15.9 Å². The third-order valence-electron chi connectivity index (χ3n) is 3.54. The number of aliphatic hydroxyl groups excluding tert-OH is 1. The fraction of sp³-hybridized carbons (Fsp3) is 0.188. The highest BCUT2D eigenvalue weighted by atomic mass is 79.9.